The summed E-state index contributed by atoms with van der Waals surface area (Å²) in [6.07, 6.45) is 4.33. The fraction of sp³-hybridized carbons (Fsp3) is 0.333. The first-order valence-corrected chi connectivity index (χ1v) is 6.01. The van der Waals surface area contributed by atoms with E-state index in [0.717, 1.165) is 5.69 Å². The van der Waals surface area contributed by atoms with Crippen molar-refractivity contribution in [1.82, 2.24) is 24.9 Å². The fourth-order valence-electron chi connectivity index (χ4n) is 1.66. The highest BCUT2D eigenvalue weighted by Crippen LogP contribution is 2.07. The summed E-state index contributed by atoms with van der Waals surface area (Å²) in [6, 6.07) is 1.22. The van der Waals surface area contributed by atoms with Gasteiger partial charge in [-0.25, -0.2) is 4.79 Å². The van der Waals surface area contributed by atoms with Crippen molar-refractivity contribution in [3.05, 3.63) is 35.9 Å². The number of carbonyl (C=O) groups is 2. The third-order valence-corrected chi connectivity index (χ3v) is 2.84. The lowest BCUT2D eigenvalue weighted by Crippen LogP contribution is -2.31. The first-order valence-electron chi connectivity index (χ1n) is 6.01. The predicted molar refractivity (Wildman–Crippen MR) is 69.0 cm³/mol. The molecule has 1 unspecified atom stereocenters. The summed E-state index contributed by atoms with van der Waals surface area (Å²) in [4.78, 5) is 22.7. The molecule has 0 saturated carbocycles. The number of nitrogens with zero attached hydrogens (tertiary/aromatic N) is 4. The Labute approximate surface area is 115 Å². The van der Waals surface area contributed by atoms with Crippen LogP contribution in [-0.4, -0.2) is 36.5 Å². The lowest BCUT2D eigenvalue weighted by molar-refractivity contribution is -0.124. The van der Waals surface area contributed by atoms with E-state index < -0.39 is 12.0 Å². The van der Waals surface area contributed by atoms with Crippen molar-refractivity contribution in [3.8, 4) is 0 Å². The van der Waals surface area contributed by atoms with Crippen molar-refractivity contribution in [2.45, 2.75) is 19.5 Å². The van der Waals surface area contributed by atoms with E-state index >= 15 is 0 Å². The van der Waals surface area contributed by atoms with E-state index in [-0.39, 0.29) is 11.5 Å². The van der Waals surface area contributed by atoms with Crippen LogP contribution in [-0.2, 0) is 18.4 Å². The van der Waals surface area contributed by atoms with Crippen molar-refractivity contribution >= 4 is 11.9 Å². The molecular weight excluding hydrogens is 262 g/mol. The zero-order valence-corrected chi connectivity index (χ0v) is 11.1. The average Bonchev–Trinajstić information content (AvgIpc) is 3.03. The van der Waals surface area contributed by atoms with Gasteiger partial charge in [0.25, 0.3) is 0 Å². The lowest BCUT2D eigenvalue weighted by atomic mass is 10.3. The van der Waals surface area contributed by atoms with Crippen LogP contribution in [0.4, 0.5) is 0 Å². The first-order chi connectivity index (χ1) is 9.47. The Morgan fingerprint density at radius 1 is 1.50 bits per heavy atom. The van der Waals surface area contributed by atoms with E-state index in [0.29, 0.717) is 6.54 Å². The lowest BCUT2D eigenvalue weighted by Gasteiger charge is -2.11. The molecule has 0 aliphatic heterocycles. The van der Waals surface area contributed by atoms with Gasteiger partial charge in [0.15, 0.2) is 0 Å². The normalized spacial score (nSPS) is 12.1. The highest BCUT2D eigenvalue weighted by atomic mass is 16.4. The fourth-order valence-corrected chi connectivity index (χ4v) is 1.66. The van der Waals surface area contributed by atoms with E-state index in [2.05, 4.69) is 15.5 Å². The quantitative estimate of drug-likeness (QED) is 0.812. The van der Waals surface area contributed by atoms with Gasteiger partial charge in [-0.1, -0.05) is 0 Å². The van der Waals surface area contributed by atoms with Gasteiger partial charge >= 0.3 is 5.97 Å². The molecule has 0 bridgehead atoms. The van der Waals surface area contributed by atoms with E-state index in [1.54, 1.807) is 30.9 Å². The van der Waals surface area contributed by atoms with Crippen molar-refractivity contribution in [1.29, 1.82) is 0 Å². The minimum Gasteiger partial charge on any atom is -0.478 e. The van der Waals surface area contributed by atoms with Crippen LogP contribution in [0.5, 0.6) is 0 Å². The van der Waals surface area contributed by atoms with Gasteiger partial charge < -0.3 is 10.4 Å². The molecule has 0 saturated heterocycles. The maximum absolute atomic E-state index is 11.9. The van der Waals surface area contributed by atoms with Crippen LogP contribution in [0.15, 0.2) is 24.7 Å². The number of hydrogen-bond donors (Lipinski definition) is 2. The van der Waals surface area contributed by atoms with Gasteiger partial charge in [0, 0.05) is 19.4 Å². The van der Waals surface area contributed by atoms with Gasteiger partial charge in [-0.15, -0.1) is 0 Å². The Balaban J connectivity index is 1.95. The van der Waals surface area contributed by atoms with Gasteiger partial charge in [-0.05, 0) is 13.0 Å². The van der Waals surface area contributed by atoms with Crippen LogP contribution in [0.3, 0.4) is 0 Å². The molecular formula is C12H15N5O3. The third kappa shape index (κ3) is 3.02. The Morgan fingerprint density at radius 3 is 2.80 bits per heavy atom. The van der Waals surface area contributed by atoms with Gasteiger partial charge in [0.2, 0.25) is 5.91 Å². The number of nitrogens with one attached hydrogen (secondary N) is 1. The second-order valence-corrected chi connectivity index (χ2v) is 4.39. The topological polar surface area (TPSA) is 102 Å². The molecule has 8 heteroatoms. The van der Waals surface area contributed by atoms with Crippen LogP contribution in [0.1, 0.15) is 29.0 Å². The second kappa shape index (κ2) is 5.55. The zero-order chi connectivity index (χ0) is 14.7. The molecule has 0 fully saturated rings. The average molecular weight is 277 g/mol. The maximum Gasteiger partial charge on any atom is 0.338 e. The second-order valence-electron chi connectivity index (χ2n) is 4.39. The van der Waals surface area contributed by atoms with Crippen LogP contribution < -0.4 is 5.32 Å². The molecule has 8 nitrogen and oxygen atoms in total. The maximum atomic E-state index is 11.9. The molecule has 2 heterocycles. The summed E-state index contributed by atoms with van der Waals surface area (Å²) >= 11 is 0. The molecule has 20 heavy (non-hydrogen) atoms. The Hall–Kier alpha value is -2.64. The van der Waals surface area contributed by atoms with E-state index in [9.17, 15) is 9.59 Å². The SMILES string of the molecule is CC(C(=O)NCc1ccn(C)n1)n1cc(C(=O)O)cn1. The first kappa shape index (κ1) is 13.8. The number of carboxylic acids is 1. The summed E-state index contributed by atoms with van der Waals surface area (Å²) in [6.45, 7) is 1.96. The minimum absolute atomic E-state index is 0.0503. The summed E-state index contributed by atoms with van der Waals surface area (Å²) in [5.74, 6) is -1.33. The number of carboxylic acid groups (broad SMARTS) is 1. The number of amides is 1. The third-order valence-electron chi connectivity index (χ3n) is 2.84. The minimum atomic E-state index is -1.07. The molecule has 106 valence electrons. The highest BCUT2D eigenvalue weighted by molar-refractivity contribution is 5.87. The van der Waals surface area contributed by atoms with E-state index in [1.165, 1.54) is 17.1 Å². The number of hydrogen-bond acceptors (Lipinski definition) is 4. The largest absolute Gasteiger partial charge is 0.478 e. The van der Waals surface area contributed by atoms with Gasteiger partial charge in [0.1, 0.15) is 6.04 Å². The number of rotatable bonds is 5. The summed E-state index contributed by atoms with van der Waals surface area (Å²) in [5, 5.41) is 19.6. The van der Waals surface area contributed by atoms with Crippen molar-refractivity contribution in [3.63, 3.8) is 0 Å². The molecule has 1 amide bonds. The van der Waals surface area contributed by atoms with Crippen molar-refractivity contribution in [2.75, 3.05) is 0 Å². The molecule has 0 spiro atoms. The number of aromatic nitrogens is 4. The molecule has 2 N–H and O–H groups in total. The van der Waals surface area contributed by atoms with Crippen LogP contribution in [0.25, 0.3) is 0 Å². The van der Waals surface area contributed by atoms with Crippen LogP contribution >= 0.6 is 0 Å². The Morgan fingerprint density at radius 2 is 2.25 bits per heavy atom. The van der Waals surface area contributed by atoms with Gasteiger partial charge in [-0.3, -0.25) is 14.2 Å². The van der Waals surface area contributed by atoms with E-state index in [1.807, 2.05) is 0 Å². The summed E-state index contributed by atoms with van der Waals surface area (Å²) in [5.41, 5.74) is 0.800. The molecule has 0 aromatic carbocycles. The number of aryl methyl sites for hydroxylation is 1. The standard InChI is InChI=1S/C12H15N5O3/c1-8(17-7-9(5-14-17)12(19)20)11(18)13-6-10-3-4-16(2)15-10/h3-5,7-8H,6H2,1-2H3,(H,13,18)(H,19,20). The molecule has 2 aromatic rings. The zero-order valence-electron chi connectivity index (χ0n) is 11.1. The van der Waals surface area contributed by atoms with Crippen molar-refractivity contribution < 1.29 is 14.7 Å². The number of aromatic carboxylic acids is 1. The van der Waals surface area contributed by atoms with Gasteiger partial charge in [0.05, 0.1) is 24.0 Å². The van der Waals surface area contributed by atoms with E-state index in [4.69, 9.17) is 5.11 Å². The van der Waals surface area contributed by atoms with Gasteiger partial charge in [-0.2, -0.15) is 10.2 Å². The predicted octanol–water partition coefficient (Wildman–Crippen LogP) is 0.192. The summed E-state index contributed by atoms with van der Waals surface area (Å²) in [7, 11) is 1.80. The number of carbonyl (C=O) groups excluding carboxylic acids is 1. The molecule has 2 rings (SSSR count). The smallest absolute Gasteiger partial charge is 0.338 e. The van der Waals surface area contributed by atoms with Crippen molar-refractivity contribution in [2.24, 2.45) is 7.05 Å². The highest BCUT2D eigenvalue weighted by Gasteiger charge is 2.17. The monoisotopic (exact) mass is 277 g/mol. The molecule has 0 radical (unpaired) electrons. The Bertz CT molecular complexity index is 631. The van der Waals surface area contributed by atoms with Crippen LogP contribution in [0, 0.1) is 0 Å². The Kier molecular flexibility index (Phi) is 3.83. The molecule has 0 aliphatic carbocycles. The molecule has 1 atom stereocenters. The van der Waals surface area contributed by atoms with Crippen LogP contribution in [0.2, 0.25) is 0 Å². The summed E-state index contributed by atoms with van der Waals surface area (Å²) < 4.78 is 2.97. The molecule has 2 aromatic heterocycles. The molecule has 0 aliphatic rings.